The number of nitrogens with one attached hydrogen (secondary N) is 1. The van der Waals surface area contributed by atoms with Gasteiger partial charge in [0.15, 0.2) is 5.75 Å². The van der Waals surface area contributed by atoms with E-state index in [-0.39, 0.29) is 33.9 Å². The average Bonchev–Trinajstić information content (AvgIpc) is 2.77. The lowest BCUT2D eigenvalue weighted by Crippen LogP contribution is -2.17. The maximum atomic E-state index is 12.6. The molecule has 0 aliphatic carbocycles. The molecule has 31 heavy (non-hydrogen) atoms. The van der Waals surface area contributed by atoms with Crippen LogP contribution >= 0.6 is 11.6 Å². The van der Waals surface area contributed by atoms with Crippen molar-refractivity contribution in [2.75, 3.05) is 6.61 Å². The maximum Gasteiger partial charge on any atom is 0.339 e. The van der Waals surface area contributed by atoms with Crippen LogP contribution in [0.1, 0.15) is 22.8 Å². The largest absolute Gasteiger partial charge is 0.490 e. The quantitative estimate of drug-likeness (QED) is 0.309. The second-order valence-electron chi connectivity index (χ2n) is 6.18. The van der Waals surface area contributed by atoms with Crippen molar-refractivity contribution in [2.45, 2.75) is 11.8 Å². The molecule has 3 aromatic carbocycles. The maximum absolute atomic E-state index is 12.6. The average molecular weight is 459 g/mol. The molecule has 1 amide bonds. The van der Waals surface area contributed by atoms with Crippen molar-refractivity contribution < 1.29 is 22.1 Å². The van der Waals surface area contributed by atoms with Gasteiger partial charge in [-0.1, -0.05) is 48.0 Å². The Bertz CT molecular complexity index is 1180. The lowest BCUT2D eigenvalue weighted by molar-refractivity contribution is 0.0955. The number of nitrogens with zero attached hydrogens (tertiary/aromatic N) is 1. The van der Waals surface area contributed by atoms with Crippen molar-refractivity contribution in [3.63, 3.8) is 0 Å². The fourth-order valence-electron chi connectivity index (χ4n) is 2.57. The van der Waals surface area contributed by atoms with Crippen molar-refractivity contribution in [1.82, 2.24) is 5.43 Å². The molecule has 0 aliphatic heterocycles. The van der Waals surface area contributed by atoms with Crippen LogP contribution in [-0.2, 0) is 10.1 Å². The molecule has 0 bridgehead atoms. The van der Waals surface area contributed by atoms with Gasteiger partial charge in [0.25, 0.3) is 5.91 Å². The predicted molar refractivity (Wildman–Crippen MR) is 118 cm³/mol. The summed E-state index contributed by atoms with van der Waals surface area (Å²) >= 11 is 6.28. The van der Waals surface area contributed by atoms with Gasteiger partial charge in [0.2, 0.25) is 5.75 Å². The molecular formula is C22H19ClN2O5S. The fraction of sp³-hybridized carbons (Fsp3) is 0.0909. The van der Waals surface area contributed by atoms with Crippen molar-refractivity contribution in [3.8, 4) is 11.5 Å². The lowest BCUT2D eigenvalue weighted by Gasteiger charge is -2.14. The van der Waals surface area contributed by atoms with E-state index in [2.05, 4.69) is 10.5 Å². The van der Waals surface area contributed by atoms with Gasteiger partial charge in [0.05, 0.1) is 17.8 Å². The van der Waals surface area contributed by atoms with Crippen molar-refractivity contribution in [3.05, 3.63) is 88.9 Å². The van der Waals surface area contributed by atoms with E-state index in [1.165, 1.54) is 30.5 Å². The van der Waals surface area contributed by atoms with E-state index >= 15 is 0 Å². The van der Waals surface area contributed by atoms with Crippen LogP contribution in [0.15, 0.2) is 82.8 Å². The number of rotatable bonds is 8. The Balaban J connectivity index is 1.82. The fourth-order valence-corrected chi connectivity index (χ4v) is 3.85. The van der Waals surface area contributed by atoms with E-state index < -0.39 is 10.1 Å². The molecule has 0 saturated carbocycles. The van der Waals surface area contributed by atoms with Crippen molar-refractivity contribution in [1.29, 1.82) is 0 Å². The molecule has 0 heterocycles. The number of benzene rings is 3. The molecule has 3 aromatic rings. The highest BCUT2D eigenvalue weighted by Gasteiger charge is 2.22. The Morgan fingerprint density at radius 3 is 2.35 bits per heavy atom. The molecule has 1 N–H and O–H groups in total. The summed E-state index contributed by atoms with van der Waals surface area (Å²) < 4.78 is 35.9. The third-order valence-corrected chi connectivity index (χ3v) is 5.49. The lowest BCUT2D eigenvalue weighted by atomic mass is 10.2. The number of hydrogen-bond acceptors (Lipinski definition) is 6. The zero-order valence-electron chi connectivity index (χ0n) is 16.5. The number of hydrogen-bond donors (Lipinski definition) is 1. The number of carbonyl (C=O) groups excluding carboxylic acids is 1. The number of ether oxygens (including phenoxy) is 1. The van der Waals surface area contributed by atoms with E-state index in [1.54, 1.807) is 55.5 Å². The summed E-state index contributed by atoms with van der Waals surface area (Å²) in [6.07, 6.45) is 1.37. The summed E-state index contributed by atoms with van der Waals surface area (Å²) in [5.41, 5.74) is 3.35. The first kappa shape index (κ1) is 22.3. The van der Waals surface area contributed by atoms with Crippen LogP contribution in [-0.4, -0.2) is 27.1 Å². The SMILES string of the molecule is CCOc1cc(/C=N/NC(=O)c2ccccc2)cc(Cl)c1OS(=O)(=O)c1ccccc1. The zero-order valence-corrected chi connectivity index (χ0v) is 18.1. The van der Waals surface area contributed by atoms with Gasteiger partial charge in [-0.25, -0.2) is 5.43 Å². The van der Waals surface area contributed by atoms with Crippen LogP contribution in [0.25, 0.3) is 0 Å². The van der Waals surface area contributed by atoms with Crippen LogP contribution in [0.2, 0.25) is 5.02 Å². The molecule has 0 aromatic heterocycles. The van der Waals surface area contributed by atoms with E-state index in [1.807, 2.05) is 0 Å². The van der Waals surface area contributed by atoms with Gasteiger partial charge in [-0.3, -0.25) is 4.79 Å². The Hall–Kier alpha value is -3.36. The highest BCUT2D eigenvalue weighted by Crippen LogP contribution is 2.38. The number of carbonyl (C=O) groups is 1. The van der Waals surface area contributed by atoms with Gasteiger partial charge < -0.3 is 8.92 Å². The number of amides is 1. The first-order valence-electron chi connectivity index (χ1n) is 9.25. The van der Waals surface area contributed by atoms with Crippen molar-refractivity contribution >= 4 is 33.8 Å². The molecule has 0 atom stereocenters. The third kappa shape index (κ3) is 5.84. The predicted octanol–water partition coefficient (Wildman–Crippen LogP) is 4.27. The monoisotopic (exact) mass is 458 g/mol. The second kappa shape index (κ2) is 10.1. The normalized spacial score (nSPS) is 11.3. The number of halogens is 1. The van der Waals surface area contributed by atoms with Gasteiger partial charge in [-0.15, -0.1) is 0 Å². The molecule has 3 rings (SSSR count). The highest BCUT2D eigenvalue weighted by atomic mass is 35.5. The van der Waals surface area contributed by atoms with Gasteiger partial charge in [-0.05, 0) is 48.9 Å². The van der Waals surface area contributed by atoms with Crippen LogP contribution in [0.3, 0.4) is 0 Å². The third-order valence-electron chi connectivity index (χ3n) is 3.97. The zero-order chi connectivity index (χ0) is 22.3. The van der Waals surface area contributed by atoms with Gasteiger partial charge >= 0.3 is 10.1 Å². The Kier molecular flexibility index (Phi) is 7.28. The Morgan fingerprint density at radius 2 is 1.71 bits per heavy atom. The smallest absolute Gasteiger partial charge is 0.339 e. The minimum atomic E-state index is -4.10. The van der Waals surface area contributed by atoms with E-state index in [4.69, 9.17) is 20.5 Å². The van der Waals surface area contributed by atoms with Crippen LogP contribution in [0.4, 0.5) is 0 Å². The standard InChI is InChI=1S/C22H19ClN2O5S/c1-2-29-20-14-16(15-24-25-22(26)17-9-5-3-6-10-17)13-19(23)21(20)30-31(27,28)18-11-7-4-8-12-18/h3-15H,2H2,1H3,(H,25,26)/b24-15+. The molecule has 0 radical (unpaired) electrons. The van der Waals surface area contributed by atoms with Gasteiger partial charge in [0.1, 0.15) is 4.90 Å². The summed E-state index contributed by atoms with van der Waals surface area (Å²) in [6.45, 7) is 1.99. The van der Waals surface area contributed by atoms with Crippen LogP contribution in [0, 0.1) is 0 Å². The first-order chi connectivity index (χ1) is 14.9. The van der Waals surface area contributed by atoms with Gasteiger partial charge in [0, 0.05) is 5.56 Å². The molecule has 9 heteroatoms. The summed E-state index contributed by atoms with van der Waals surface area (Å²) in [6, 6.07) is 19.3. The molecule has 0 saturated heterocycles. The molecule has 7 nitrogen and oxygen atoms in total. The van der Waals surface area contributed by atoms with Crippen LogP contribution in [0.5, 0.6) is 11.5 Å². The minimum absolute atomic E-state index is 0.0113. The van der Waals surface area contributed by atoms with E-state index in [0.29, 0.717) is 11.1 Å². The van der Waals surface area contributed by atoms with Crippen LogP contribution < -0.4 is 14.3 Å². The number of hydrazone groups is 1. The van der Waals surface area contributed by atoms with E-state index in [9.17, 15) is 13.2 Å². The molecule has 0 fully saturated rings. The second-order valence-corrected chi connectivity index (χ2v) is 8.13. The first-order valence-corrected chi connectivity index (χ1v) is 11.0. The molecule has 0 spiro atoms. The van der Waals surface area contributed by atoms with Crippen molar-refractivity contribution in [2.24, 2.45) is 5.10 Å². The highest BCUT2D eigenvalue weighted by molar-refractivity contribution is 7.87. The summed E-state index contributed by atoms with van der Waals surface area (Å²) in [5.74, 6) is -0.370. The summed E-state index contributed by atoms with van der Waals surface area (Å²) in [5, 5.41) is 3.93. The Morgan fingerprint density at radius 1 is 1.06 bits per heavy atom. The molecule has 0 unspecified atom stereocenters. The molecule has 160 valence electrons. The van der Waals surface area contributed by atoms with E-state index in [0.717, 1.165) is 0 Å². The topological polar surface area (TPSA) is 94.1 Å². The summed E-state index contributed by atoms with van der Waals surface area (Å²) in [7, 11) is -4.10. The van der Waals surface area contributed by atoms with Gasteiger partial charge in [-0.2, -0.15) is 13.5 Å². The molecular weight excluding hydrogens is 440 g/mol. The Labute approximate surface area is 185 Å². The minimum Gasteiger partial charge on any atom is -0.490 e. The summed E-state index contributed by atoms with van der Waals surface area (Å²) in [4.78, 5) is 12.0. The molecule has 0 aliphatic rings.